The van der Waals surface area contributed by atoms with Gasteiger partial charge in [-0.15, -0.1) is 0 Å². The van der Waals surface area contributed by atoms with Crippen LogP contribution in [0.5, 0.6) is 0 Å². The maximum Gasteiger partial charge on any atom is 0.0590 e. The SMILES string of the molecule is CCC(C)CCCC(O)C(CC)CO. The summed E-state index contributed by atoms with van der Waals surface area (Å²) in [5, 5.41) is 18.7. The molecule has 0 fully saturated rings. The van der Waals surface area contributed by atoms with Crippen LogP contribution < -0.4 is 0 Å². The van der Waals surface area contributed by atoms with Gasteiger partial charge in [0.15, 0.2) is 0 Å². The highest BCUT2D eigenvalue weighted by atomic mass is 16.3. The van der Waals surface area contributed by atoms with E-state index in [-0.39, 0.29) is 18.6 Å². The third kappa shape index (κ3) is 5.61. The summed E-state index contributed by atoms with van der Waals surface area (Å²) in [4.78, 5) is 0. The number of hydrogen-bond acceptors (Lipinski definition) is 2. The summed E-state index contributed by atoms with van der Waals surface area (Å²) >= 11 is 0. The van der Waals surface area contributed by atoms with Gasteiger partial charge in [-0.2, -0.15) is 0 Å². The molecule has 0 aliphatic heterocycles. The van der Waals surface area contributed by atoms with Gasteiger partial charge in [0.25, 0.3) is 0 Å². The lowest BCUT2D eigenvalue weighted by molar-refractivity contribution is 0.0562. The molecule has 2 nitrogen and oxygen atoms in total. The molecule has 0 spiro atoms. The van der Waals surface area contributed by atoms with Crippen LogP contribution in [-0.2, 0) is 0 Å². The molecule has 0 aromatic heterocycles. The van der Waals surface area contributed by atoms with E-state index in [1.54, 1.807) is 0 Å². The van der Waals surface area contributed by atoms with E-state index in [1.807, 2.05) is 6.92 Å². The second-order valence-electron chi connectivity index (χ2n) is 4.36. The molecule has 86 valence electrons. The molecule has 3 atom stereocenters. The Hall–Kier alpha value is -0.0800. The van der Waals surface area contributed by atoms with Gasteiger partial charge in [-0.1, -0.05) is 40.0 Å². The van der Waals surface area contributed by atoms with Crippen molar-refractivity contribution in [1.29, 1.82) is 0 Å². The minimum atomic E-state index is -0.311. The van der Waals surface area contributed by atoms with Crippen LogP contribution >= 0.6 is 0 Å². The van der Waals surface area contributed by atoms with Gasteiger partial charge in [0, 0.05) is 12.5 Å². The highest BCUT2D eigenvalue weighted by Crippen LogP contribution is 2.17. The third-order valence-electron chi connectivity index (χ3n) is 3.20. The molecule has 0 bridgehead atoms. The normalized spacial score (nSPS) is 17.8. The van der Waals surface area contributed by atoms with Gasteiger partial charge in [0.2, 0.25) is 0 Å². The van der Waals surface area contributed by atoms with Gasteiger partial charge in [0.1, 0.15) is 0 Å². The highest BCUT2D eigenvalue weighted by Gasteiger charge is 2.15. The Morgan fingerprint density at radius 3 is 2.14 bits per heavy atom. The van der Waals surface area contributed by atoms with Gasteiger partial charge in [-0.25, -0.2) is 0 Å². The zero-order valence-electron chi connectivity index (χ0n) is 9.87. The van der Waals surface area contributed by atoms with E-state index in [1.165, 1.54) is 12.8 Å². The summed E-state index contributed by atoms with van der Waals surface area (Å²) in [6.45, 7) is 6.57. The molecule has 0 radical (unpaired) electrons. The van der Waals surface area contributed by atoms with Crippen LogP contribution in [0, 0.1) is 11.8 Å². The number of aliphatic hydroxyl groups is 2. The molecule has 0 amide bonds. The first-order chi connectivity index (χ1) is 6.65. The van der Waals surface area contributed by atoms with Crippen LogP contribution in [-0.4, -0.2) is 22.9 Å². The van der Waals surface area contributed by atoms with Crippen LogP contribution in [0.4, 0.5) is 0 Å². The predicted molar refractivity (Wildman–Crippen MR) is 60.2 cm³/mol. The van der Waals surface area contributed by atoms with Crippen molar-refractivity contribution in [3.05, 3.63) is 0 Å². The summed E-state index contributed by atoms with van der Waals surface area (Å²) in [6, 6.07) is 0. The van der Waals surface area contributed by atoms with Crippen molar-refractivity contribution < 1.29 is 10.2 Å². The maximum absolute atomic E-state index is 9.73. The Labute approximate surface area is 88.3 Å². The average molecular weight is 202 g/mol. The summed E-state index contributed by atoms with van der Waals surface area (Å²) in [7, 11) is 0. The quantitative estimate of drug-likeness (QED) is 0.635. The van der Waals surface area contributed by atoms with Gasteiger partial charge in [-0.3, -0.25) is 0 Å². The first-order valence-corrected chi connectivity index (χ1v) is 5.94. The Bertz CT molecular complexity index is 121. The van der Waals surface area contributed by atoms with Crippen molar-refractivity contribution in [2.75, 3.05) is 6.61 Å². The molecule has 0 heterocycles. The van der Waals surface area contributed by atoms with Crippen LogP contribution in [0.2, 0.25) is 0 Å². The van der Waals surface area contributed by atoms with Crippen LogP contribution in [0.25, 0.3) is 0 Å². The van der Waals surface area contributed by atoms with Crippen LogP contribution in [0.1, 0.15) is 52.9 Å². The van der Waals surface area contributed by atoms with E-state index in [0.717, 1.165) is 25.2 Å². The van der Waals surface area contributed by atoms with Crippen molar-refractivity contribution in [2.45, 2.75) is 59.0 Å². The van der Waals surface area contributed by atoms with Gasteiger partial charge >= 0.3 is 0 Å². The monoisotopic (exact) mass is 202 g/mol. The molecule has 0 saturated carbocycles. The Kier molecular flexibility index (Phi) is 8.20. The standard InChI is InChI=1S/C12H26O2/c1-4-10(3)7-6-8-12(14)11(5-2)9-13/h10-14H,4-9H2,1-3H3. The first-order valence-electron chi connectivity index (χ1n) is 5.94. The molecular formula is C12H26O2. The zero-order valence-corrected chi connectivity index (χ0v) is 9.87. The van der Waals surface area contributed by atoms with E-state index in [0.29, 0.717) is 0 Å². The number of rotatable bonds is 8. The fraction of sp³-hybridized carbons (Fsp3) is 1.00. The van der Waals surface area contributed by atoms with Crippen LogP contribution in [0.15, 0.2) is 0 Å². The fourth-order valence-electron chi connectivity index (χ4n) is 1.64. The summed E-state index contributed by atoms with van der Waals surface area (Å²) in [6.07, 6.45) is 4.87. The molecule has 2 heteroatoms. The molecular weight excluding hydrogens is 176 g/mol. The molecule has 3 unspecified atom stereocenters. The molecule has 0 aliphatic rings. The molecule has 0 aromatic carbocycles. The highest BCUT2D eigenvalue weighted by molar-refractivity contribution is 4.67. The van der Waals surface area contributed by atoms with Crippen molar-refractivity contribution in [3.8, 4) is 0 Å². The van der Waals surface area contributed by atoms with Gasteiger partial charge in [0.05, 0.1) is 6.10 Å². The lowest BCUT2D eigenvalue weighted by Gasteiger charge is -2.19. The molecule has 0 aromatic rings. The van der Waals surface area contributed by atoms with Crippen molar-refractivity contribution >= 4 is 0 Å². The van der Waals surface area contributed by atoms with Gasteiger partial charge in [-0.05, 0) is 18.8 Å². The predicted octanol–water partition coefficient (Wildman–Crippen LogP) is 2.58. The maximum atomic E-state index is 9.73. The number of aliphatic hydroxyl groups excluding tert-OH is 2. The molecule has 2 N–H and O–H groups in total. The smallest absolute Gasteiger partial charge is 0.0590 e. The molecule has 0 aliphatic carbocycles. The van der Waals surface area contributed by atoms with E-state index in [4.69, 9.17) is 5.11 Å². The van der Waals surface area contributed by atoms with Crippen molar-refractivity contribution in [2.24, 2.45) is 11.8 Å². The second-order valence-corrected chi connectivity index (χ2v) is 4.36. The average Bonchev–Trinajstić information content (AvgIpc) is 2.19. The second kappa shape index (κ2) is 8.25. The van der Waals surface area contributed by atoms with Crippen molar-refractivity contribution in [1.82, 2.24) is 0 Å². The minimum absolute atomic E-state index is 0.0759. The van der Waals surface area contributed by atoms with E-state index in [2.05, 4.69) is 13.8 Å². The topological polar surface area (TPSA) is 40.5 Å². The Balaban J connectivity index is 3.56. The lowest BCUT2D eigenvalue weighted by Crippen LogP contribution is -2.23. The summed E-state index contributed by atoms with van der Waals surface area (Å²) in [5.41, 5.74) is 0. The van der Waals surface area contributed by atoms with Crippen molar-refractivity contribution in [3.63, 3.8) is 0 Å². The van der Waals surface area contributed by atoms with E-state index < -0.39 is 0 Å². The largest absolute Gasteiger partial charge is 0.396 e. The molecule has 0 rings (SSSR count). The first kappa shape index (κ1) is 13.9. The lowest BCUT2D eigenvalue weighted by atomic mass is 9.93. The molecule has 0 saturated heterocycles. The Morgan fingerprint density at radius 1 is 1.07 bits per heavy atom. The third-order valence-corrected chi connectivity index (χ3v) is 3.20. The Morgan fingerprint density at radius 2 is 1.71 bits per heavy atom. The summed E-state index contributed by atoms with van der Waals surface area (Å²) < 4.78 is 0. The molecule has 14 heavy (non-hydrogen) atoms. The van der Waals surface area contributed by atoms with Crippen LogP contribution in [0.3, 0.4) is 0 Å². The number of hydrogen-bond donors (Lipinski definition) is 2. The minimum Gasteiger partial charge on any atom is -0.396 e. The van der Waals surface area contributed by atoms with E-state index >= 15 is 0 Å². The van der Waals surface area contributed by atoms with Gasteiger partial charge < -0.3 is 10.2 Å². The fourth-order valence-corrected chi connectivity index (χ4v) is 1.64. The van der Waals surface area contributed by atoms with E-state index in [9.17, 15) is 5.11 Å². The zero-order chi connectivity index (χ0) is 11.0. The summed E-state index contributed by atoms with van der Waals surface area (Å²) in [5.74, 6) is 0.836.